The molecule has 8 nitrogen and oxygen atoms in total. The van der Waals surface area contributed by atoms with Crippen LogP contribution >= 0.6 is 0 Å². The number of hydrogen-bond donors (Lipinski definition) is 1. The first-order valence-electron chi connectivity index (χ1n) is 10.3. The van der Waals surface area contributed by atoms with Crippen molar-refractivity contribution >= 4 is 11.8 Å². The summed E-state index contributed by atoms with van der Waals surface area (Å²) in [7, 11) is 1.37. The number of fused-ring (bicyclic) bond motifs is 4. The Balaban J connectivity index is 0.00000144. The fraction of sp³-hybridized carbons (Fsp3) is 0.391. The summed E-state index contributed by atoms with van der Waals surface area (Å²) in [4.78, 5) is 43.2. The summed E-state index contributed by atoms with van der Waals surface area (Å²) < 4.78 is 7.06. The number of methoxy groups -OCH3 is 1. The molecule has 1 aromatic heterocycles. The Morgan fingerprint density at radius 2 is 1.94 bits per heavy atom. The molecule has 32 heavy (non-hydrogen) atoms. The molecule has 2 saturated heterocycles. The number of benzene rings is 1. The molecule has 171 valence electrons. The maximum absolute atomic E-state index is 13.2. The number of ether oxygens (including phenoxy) is 1. The Morgan fingerprint density at radius 1 is 1.19 bits per heavy atom. The molecule has 0 spiro atoms. The van der Waals surface area contributed by atoms with Gasteiger partial charge >= 0.3 is 0 Å². The van der Waals surface area contributed by atoms with Crippen molar-refractivity contribution in [2.45, 2.75) is 38.1 Å². The van der Waals surface area contributed by atoms with Crippen LogP contribution in [0.25, 0.3) is 0 Å². The molecule has 0 aliphatic carbocycles. The van der Waals surface area contributed by atoms with E-state index in [1.54, 1.807) is 4.57 Å². The molecular weight excluding hydrogens is 582 g/mol. The Labute approximate surface area is 201 Å². The molecule has 9 heteroatoms. The zero-order valence-electron chi connectivity index (χ0n) is 18.2. The number of carbonyl (C=O) groups is 2. The second-order valence-corrected chi connectivity index (χ2v) is 8.05. The molecule has 0 bridgehead atoms. The maximum atomic E-state index is 13.2. The van der Waals surface area contributed by atoms with Crippen LogP contribution in [0.15, 0.2) is 41.3 Å². The average molecular weight is 610 g/mol. The van der Waals surface area contributed by atoms with Crippen LogP contribution < -0.4 is 15.5 Å². The van der Waals surface area contributed by atoms with Gasteiger partial charge in [0.1, 0.15) is 11.7 Å². The van der Waals surface area contributed by atoms with Crippen molar-refractivity contribution in [3.8, 4) is 5.75 Å². The van der Waals surface area contributed by atoms with E-state index in [4.69, 9.17) is 4.74 Å². The Morgan fingerprint density at radius 3 is 2.66 bits per heavy atom. The van der Waals surface area contributed by atoms with Gasteiger partial charge in [0.15, 0.2) is 11.4 Å². The molecule has 1 radical (unpaired) electrons. The summed E-state index contributed by atoms with van der Waals surface area (Å²) in [5, 5.41) is 2.80. The van der Waals surface area contributed by atoms with Gasteiger partial charge in [0, 0.05) is 52.3 Å². The smallest absolute Gasteiger partial charge is 0.275 e. The van der Waals surface area contributed by atoms with Crippen LogP contribution in [0.3, 0.4) is 0 Å². The number of hydrogen-bond acceptors (Lipinski definition) is 5. The van der Waals surface area contributed by atoms with Gasteiger partial charge in [-0.15, -0.1) is 0 Å². The monoisotopic (exact) mass is 610 g/mol. The number of amides is 2. The van der Waals surface area contributed by atoms with Gasteiger partial charge in [-0.2, -0.15) is 0 Å². The van der Waals surface area contributed by atoms with Crippen LogP contribution in [0, 0.1) is 7.43 Å². The average Bonchev–Trinajstić information content (AvgIpc) is 3.35. The number of pyridine rings is 1. The molecule has 0 unspecified atom stereocenters. The first-order valence-corrected chi connectivity index (χ1v) is 10.3. The minimum absolute atomic E-state index is 0. The molecule has 2 amide bonds. The minimum atomic E-state index is -0.555. The standard InChI is InChI=1S/C22H24N4O4.CH3.Re/c1-30-20-18-22(29)26-11-15-8-5-9-25(15)17(26)13-24(18)12-16(19(20)27)21(28)23-10-14-6-3-2-4-7-14;;/h2-4,6-7,12,15,17H,5,8-11,13H2,1H3,(H,23,28);1H3;/q;-1;/t15-,17+;;/m0../s1. The number of aromatic nitrogens is 1. The zero-order chi connectivity index (χ0) is 20.8. The van der Waals surface area contributed by atoms with E-state index in [0.717, 1.165) is 24.9 Å². The molecule has 2 atom stereocenters. The number of nitrogens with one attached hydrogen (secondary N) is 1. The second-order valence-electron chi connectivity index (χ2n) is 8.05. The van der Waals surface area contributed by atoms with Crippen molar-refractivity contribution in [2.24, 2.45) is 0 Å². The van der Waals surface area contributed by atoms with Gasteiger partial charge in [0.2, 0.25) is 5.43 Å². The molecule has 3 aliphatic heterocycles. The first kappa shape index (κ1) is 24.2. The van der Waals surface area contributed by atoms with Crippen molar-refractivity contribution in [3.05, 3.63) is 71.0 Å². The number of rotatable bonds is 4. The van der Waals surface area contributed by atoms with Crippen molar-refractivity contribution in [1.82, 2.24) is 19.7 Å². The molecule has 1 N–H and O–H groups in total. The normalized spacial score (nSPS) is 21.0. The van der Waals surface area contributed by atoms with Crippen LogP contribution in [0.5, 0.6) is 5.75 Å². The summed E-state index contributed by atoms with van der Waals surface area (Å²) in [5.74, 6) is -0.735. The summed E-state index contributed by atoms with van der Waals surface area (Å²) >= 11 is 0. The van der Waals surface area contributed by atoms with E-state index < -0.39 is 11.3 Å². The summed E-state index contributed by atoms with van der Waals surface area (Å²) in [6.45, 7) is 2.48. The van der Waals surface area contributed by atoms with Crippen molar-refractivity contribution in [3.63, 3.8) is 0 Å². The van der Waals surface area contributed by atoms with E-state index >= 15 is 0 Å². The van der Waals surface area contributed by atoms with Crippen LogP contribution in [0.2, 0.25) is 0 Å². The number of carbonyl (C=O) groups excluding carboxylic acids is 2. The van der Waals surface area contributed by atoms with Crippen LogP contribution in [0.1, 0.15) is 39.3 Å². The van der Waals surface area contributed by atoms with Gasteiger partial charge in [0.25, 0.3) is 11.8 Å². The third-order valence-electron chi connectivity index (χ3n) is 6.38. The van der Waals surface area contributed by atoms with Crippen molar-refractivity contribution in [2.75, 3.05) is 20.2 Å². The van der Waals surface area contributed by atoms with E-state index in [-0.39, 0.29) is 56.9 Å². The Hall–Kier alpha value is -2.47. The number of nitrogens with zero attached hydrogens (tertiary/aromatic N) is 3. The van der Waals surface area contributed by atoms with E-state index in [0.29, 0.717) is 25.7 Å². The van der Waals surface area contributed by atoms with Gasteiger partial charge in [-0.3, -0.25) is 19.3 Å². The van der Waals surface area contributed by atoms with Crippen LogP contribution in [0.4, 0.5) is 0 Å². The van der Waals surface area contributed by atoms with Gasteiger partial charge in [0.05, 0.1) is 13.7 Å². The molecular formula is C23H27N4O4Re-. The minimum Gasteiger partial charge on any atom is -0.491 e. The molecule has 3 aliphatic rings. The largest absolute Gasteiger partial charge is 0.491 e. The molecule has 5 rings (SSSR count). The predicted molar refractivity (Wildman–Crippen MR) is 116 cm³/mol. The topological polar surface area (TPSA) is 83.9 Å². The molecule has 4 heterocycles. The molecule has 2 fully saturated rings. The van der Waals surface area contributed by atoms with E-state index in [1.807, 2.05) is 35.2 Å². The SMILES string of the molecule is COc1c2n(cc(C(=O)NCc3ccccc3)c1=O)C[C@H]1N(C[C@@H]3CCCN31)C2=O.[CH3-].[Re]. The van der Waals surface area contributed by atoms with Crippen LogP contribution in [-0.2, 0) is 33.5 Å². The summed E-state index contributed by atoms with van der Waals surface area (Å²) in [6.07, 6.45) is 3.69. The van der Waals surface area contributed by atoms with Crippen molar-refractivity contribution in [1.29, 1.82) is 0 Å². The fourth-order valence-corrected chi connectivity index (χ4v) is 4.94. The van der Waals surface area contributed by atoms with E-state index in [2.05, 4.69) is 10.2 Å². The third kappa shape index (κ3) is 3.90. The quantitative estimate of drug-likeness (QED) is 0.532. The summed E-state index contributed by atoms with van der Waals surface area (Å²) in [5.41, 5.74) is 0.608. The third-order valence-corrected chi connectivity index (χ3v) is 6.38. The van der Waals surface area contributed by atoms with Gasteiger partial charge in [-0.1, -0.05) is 30.3 Å². The van der Waals surface area contributed by atoms with Crippen LogP contribution in [-0.4, -0.2) is 58.6 Å². The Kier molecular flexibility index (Phi) is 7.23. The maximum Gasteiger partial charge on any atom is 0.275 e. The zero-order valence-corrected chi connectivity index (χ0v) is 20.9. The van der Waals surface area contributed by atoms with Gasteiger partial charge in [-0.25, -0.2) is 0 Å². The first-order chi connectivity index (χ1) is 14.6. The molecule has 2 aromatic rings. The molecule has 1 aromatic carbocycles. The molecule has 0 saturated carbocycles. The van der Waals surface area contributed by atoms with Gasteiger partial charge < -0.3 is 26.9 Å². The van der Waals surface area contributed by atoms with Crippen molar-refractivity contribution < 1.29 is 34.7 Å². The fourth-order valence-electron chi connectivity index (χ4n) is 4.94. The van der Waals surface area contributed by atoms with E-state index in [1.165, 1.54) is 13.3 Å². The Bertz CT molecular complexity index is 1070. The van der Waals surface area contributed by atoms with E-state index in [9.17, 15) is 14.4 Å². The van der Waals surface area contributed by atoms with Gasteiger partial charge in [-0.05, 0) is 18.4 Å². The summed E-state index contributed by atoms with van der Waals surface area (Å²) in [6, 6.07) is 9.87. The second kappa shape index (κ2) is 9.57. The predicted octanol–water partition coefficient (Wildman–Crippen LogP) is 1.49.